The first-order chi connectivity index (χ1) is 16.2. The van der Waals surface area contributed by atoms with Gasteiger partial charge < -0.3 is 14.6 Å². The molecule has 0 bridgehead atoms. The molecule has 6 nitrogen and oxygen atoms in total. The minimum absolute atomic E-state index is 0.0493. The van der Waals surface area contributed by atoms with Crippen LogP contribution in [0.5, 0.6) is 0 Å². The number of amides is 1. The molecule has 1 fully saturated rings. The van der Waals surface area contributed by atoms with Gasteiger partial charge in [0.2, 0.25) is 5.91 Å². The summed E-state index contributed by atoms with van der Waals surface area (Å²) in [6.45, 7) is 4.77. The summed E-state index contributed by atoms with van der Waals surface area (Å²) in [4.78, 5) is 19.1. The third kappa shape index (κ3) is 3.87. The Labute approximate surface area is 195 Å². The molecule has 1 aliphatic carbocycles. The van der Waals surface area contributed by atoms with Crippen molar-refractivity contribution in [2.45, 2.75) is 50.3 Å². The molecule has 1 aromatic carbocycles. The molecule has 1 saturated heterocycles. The molecule has 3 heterocycles. The molecule has 3 aromatic rings. The van der Waals surface area contributed by atoms with Crippen LogP contribution in [0, 0.1) is 0 Å². The molecule has 33 heavy (non-hydrogen) atoms. The lowest BCUT2D eigenvalue weighted by molar-refractivity contribution is -0.123. The molecule has 2 atom stereocenters. The van der Waals surface area contributed by atoms with Crippen LogP contribution >= 0.6 is 0 Å². The van der Waals surface area contributed by atoms with Crippen molar-refractivity contribution in [1.82, 2.24) is 19.8 Å². The van der Waals surface area contributed by atoms with Gasteiger partial charge in [-0.2, -0.15) is 0 Å². The van der Waals surface area contributed by atoms with Crippen molar-refractivity contribution >= 4 is 5.91 Å². The zero-order valence-corrected chi connectivity index (χ0v) is 19.4. The number of nitrogens with one attached hydrogen (secondary N) is 1. The highest BCUT2D eigenvalue weighted by Crippen LogP contribution is 2.52. The standard InChI is InChI=1S/C27H32N4O2/c1-3-24(32)29-25-22-10-4-5-11-23(22)27(26(25)33-2)12-16-30(17-13-27)19-21-9-7-15-31(21)20-8-6-14-28-18-20/h4-11,14-15,18,25-26H,3,12-13,16-17,19H2,1-2H3,(H,29,32)/t25-,26+/m1/s1. The maximum Gasteiger partial charge on any atom is 0.220 e. The first-order valence-electron chi connectivity index (χ1n) is 11.9. The first-order valence-corrected chi connectivity index (χ1v) is 11.9. The first kappa shape index (κ1) is 21.9. The van der Waals surface area contributed by atoms with E-state index in [0.29, 0.717) is 6.42 Å². The van der Waals surface area contributed by atoms with E-state index < -0.39 is 0 Å². The second-order valence-corrected chi connectivity index (χ2v) is 9.16. The van der Waals surface area contributed by atoms with E-state index >= 15 is 0 Å². The van der Waals surface area contributed by atoms with Crippen LogP contribution in [0.3, 0.4) is 0 Å². The van der Waals surface area contributed by atoms with E-state index in [4.69, 9.17) is 4.74 Å². The summed E-state index contributed by atoms with van der Waals surface area (Å²) in [6, 6.07) is 16.8. The summed E-state index contributed by atoms with van der Waals surface area (Å²) >= 11 is 0. The van der Waals surface area contributed by atoms with Crippen molar-refractivity contribution in [3.05, 3.63) is 83.9 Å². The van der Waals surface area contributed by atoms with Crippen LogP contribution in [0.15, 0.2) is 67.1 Å². The number of fused-ring (bicyclic) bond motifs is 2. The summed E-state index contributed by atoms with van der Waals surface area (Å²) in [5.41, 5.74) is 4.84. The van der Waals surface area contributed by atoms with Crippen molar-refractivity contribution in [2.75, 3.05) is 20.2 Å². The van der Waals surface area contributed by atoms with Gasteiger partial charge in [-0.15, -0.1) is 0 Å². The highest BCUT2D eigenvalue weighted by atomic mass is 16.5. The second kappa shape index (κ2) is 9.12. The van der Waals surface area contributed by atoms with E-state index in [1.807, 2.05) is 19.2 Å². The van der Waals surface area contributed by atoms with Gasteiger partial charge in [-0.25, -0.2) is 0 Å². The molecule has 1 N–H and O–H groups in total. The number of aromatic nitrogens is 2. The van der Waals surface area contributed by atoms with Gasteiger partial charge in [0.25, 0.3) is 0 Å². The van der Waals surface area contributed by atoms with E-state index in [-0.39, 0.29) is 23.5 Å². The number of piperidine rings is 1. The Morgan fingerprint density at radius 3 is 2.70 bits per heavy atom. The highest BCUT2D eigenvalue weighted by Gasteiger charge is 2.53. The molecule has 0 saturated carbocycles. The van der Waals surface area contributed by atoms with E-state index in [0.717, 1.165) is 38.2 Å². The Balaban J connectivity index is 1.36. The Morgan fingerprint density at radius 1 is 1.15 bits per heavy atom. The quantitative estimate of drug-likeness (QED) is 0.624. The van der Waals surface area contributed by atoms with E-state index in [1.54, 1.807) is 13.3 Å². The van der Waals surface area contributed by atoms with Crippen LogP contribution in [0.25, 0.3) is 5.69 Å². The van der Waals surface area contributed by atoms with Gasteiger partial charge in [0.15, 0.2) is 0 Å². The van der Waals surface area contributed by atoms with Crippen molar-refractivity contribution in [1.29, 1.82) is 0 Å². The number of likely N-dealkylation sites (tertiary alicyclic amines) is 1. The maximum atomic E-state index is 12.3. The number of methoxy groups -OCH3 is 1. The molecule has 5 rings (SSSR count). The minimum atomic E-state index is -0.0898. The van der Waals surface area contributed by atoms with Gasteiger partial charge in [0.05, 0.1) is 24.0 Å². The SMILES string of the molecule is CCC(=O)N[C@@H]1c2ccccc2C2(CCN(Cc3cccn3-c3cccnc3)CC2)[C@H]1OC. The number of carbonyl (C=O) groups excluding carboxylic acids is 1. The van der Waals surface area contributed by atoms with Crippen LogP contribution < -0.4 is 5.32 Å². The Bertz CT molecular complexity index is 1100. The van der Waals surface area contributed by atoms with E-state index in [1.165, 1.54) is 16.8 Å². The predicted molar refractivity (Wildman–Crippen MR) is 128 cm³/mol. The Hall–Kier alpha value is -2.96. The topological polar surface area (TPSA) is 59.4 Å². The van der Waals surface area contributed by atoms with Crippen LogP contribution in [0.4, 0.5) is 0 Å². The van der Waals surface area contributed by atoms with Crippen molar-refractivity contribution in [3.8, 4) is 5.69 Å². The van der Waals surface area contributed by atoms with Crippen LogP contribution in [-0.2, 0) is 21.5 Å². The zero-order chi connectivity index (χ0) is 22.8. The van der Waals surface area contributed by atoms with Gasteiger partial charge in [0, 0.05) is 43.6 Å². The van der Waals surface area contributed by atoms with Crippen LogP contribution in [0.1, 0.15) is 49.0 Å². The van der Waals surface area contributed by atoms with Gasteiger partial charge >= 0.3 is 0 Å². The van der Waals surface area contributed by atoms with Crippen molar-refractivity contribution in [2.24, 2.45) is 0 Å². The monoisotopic (exact) mass is 444 g/mol. The average molecular weight is 445 g/mol. The second-order valence-electron chi connectivity index (χ2n) is 9.16. The van der Waals surface area contributed by atoms with Gasteiger partial charge in [-0.3, -0.25) is 14.7 Å². The molecule has 2 aromatic heterocycles. The molecule has 1 spiro atoms. The Kier molecular flexibility index (Phi) is 6.04. The molecule has 0 unspecified atom stereocenters. The zero-order valence-electron chi connectivity index (χ0n) is 19.4. The van der Waals surface area contributed by atoms with Crippen LogP contribution in [0.2, 0.25) is 0 Å². The lowest BCUT2D eigenvalue weighted by atomic mass is 9.72. The summed E-state index contributed by atoms with van der Waals surface area (Å²) in [6.07, 6.45) is 8.26. The number of pyridine rings is 1. The molecule has 1 aliphatic heterocycles. The smallest absolute Gasteiger partial charge is 0.220 e. The molecule has 6 heteroatoms. The molecular formula is C27H32N4O2. The number of hydrogen-bond donors (Lipinski definition) is 1. The third-order valence-electron chi connectivity index (χ3n) is 7.46. The minimum Gasteiger partial charge on any atom is -0.378 e. The largest absolute Gasteiger partial charge is 0.378 e. The fraction of sp³-hybridized carbons (Fsp3) is 0.407. The average Bonchev–Trinajstić information content (AvgIpc) is 3.42. The maximum absolute atomic E-state index is 12.3. The molecule has 0 radical (unpaired) electrons. The number of ether oxygens (including phenoxy) is 1. The fourth-order valence-corrected chi connectivity index (χ4v) is 5.83. The van der Waals surface area contributed by atoms with Crippen molar-refractivity contribution in [3.63, 3.8) is 0 Å². The van der Waals surface area contributed by atoms with Gasteiger partial charge in [0.1, 0.15) is 0 Å². The molecule has 1 amide bonds. The lowest BCUT2D eigenvalue weighted by Gasteiger charge is -2.44. The number of benzene rings is 1. The number of nitrogens with zero attached hydrogens (tertiary/aromatic N) is 3. The van der Waals surface area contributed by atoms with E-state index in [2.05, 4.69) is 68.4 Å². The summed E-state index contributed by atoms with van der Waals surface area (Å²) in [7, 11) is 1.79. The Morgan fingerprint density at radius 2 is 1.97 bits per heavy atom. The molecule has 172 valence electrons. The van der Waals surface area contributed by atoms with Crippen LogP contribution in [-0.4, -0.2) is 46.7 Å². The summed E-state index contributed by atoms with van der Waals surface area (Å²) in [5.74, 6) is 0.0718. The summed E-state index contributed by atoms with van der Waals surface area (Å²) < 4.78 is 8.34. The summed E-state index contributed by atoms with van der Waals surface area (Å²) in [5, 5.41) is 3.24. The number of rotatable bonds is 6. The molecule has 2 aliphatic rings. The fourth-order valence-electron chi connectivity index (χ4n) is 5.83. The van der Waals surface area contributed by atoms with Crippen molar-refractivity contribution < 1.29 is 9.53 Å². The highest BCUT2D eigenvalue weighted by molar-refractivity contribution is 5.76. The molecular weight excluding hydrogens is 412 g/mol. The van der Waals surface area contributed by atoms with E-state index in [9.17, 15) is 4.79 Å². The van der Waals surface area contributed by atoms with Gasteiger partial charge in [-0.1, -0.05) is 31.2 Å². The number of carbonyl (C=O) groups is 1. The third-order valence-corrected chi connectivity index (χ3v) is 7.46. The predicted octanol–water partition coefficient (Wildman–Crippen LogP) is 4.00. The van der Waals surface area contributed by atoms with Gasteiger partial charge in [-0.05, 0) is 61.3 Å². The lowest BCUT2D eigenvalue weighted by Crippen LogP contribution is -2.50. The normalized spacial score (nSPS) is 21.8. The number of hydrogen-bond acceptors (Lipinski definition) is 4.